The van der Waals surface area contributed by atoms with E-state index in [0.29, 0.717) is 0 Å². The molecule has 0 bridgehead atoms. The standard InChI is InChI=1S/C6H10N2O3/c1-3(7)5(9)8-4(2)6(10)11/h2-4H,7H2,1H3,(H,8,9)(H,10,11)/p+1. The molecular formula is C6H11N2O3+. The van der Waals surface area contributed by atoms with Gasteiger partial charge in [0.25, 0.3) is 5.91 Å². The molecule has 2 radical (unpaired) electrons. The molecule has 0 aromatic heterocycles. The minimum Gasteiger partial charge on any atom is -0.480 e. The molecule has 0 aromatic carbocycles. The predicted molar refractivity (Wildman–Crippen MR) is 36.2 cm³/mol. The fraction of sp³-hybridized carbons (Fsp3) is 0.500. The monoisotopic (exact) mass is 159 g/mol. The van der Waals surface area contributed by atoms with Crippen LogP contribution in [0.1, 0.15) is 6.92 Å². The summed E-state index contributed by atoms with van der Waals surface area (Å²) < 4.78 is 0. The Morgan fingerprint density at radius 1 is 1.64 bits per heavy atom. The molecule has 0 aliphatic rings. The third-order valence-corrected chi connectivity index (χ3v) is 1.01. The van der Waals surface area contributed by atoms with Crippen LogP contribution >= 0.6 is 0 Å². The Kier molecular flexibility index (Phi) is 3.53. The maximum absolute atomic E-state index is 10.7. The highest BCUT2D eigenvalue weighted by Crippen LogP contribution is 1.81. The Balaban J connectivity index is 3.85. The second-order valence-corrected chi connectivity index (χ2v) is 2.23. The molecule has 0 rings (SSSR count). The zero-order valence-corrected chi connectivity index (χ0v) is 6.20. The van der Waals surface area contributed by atoms with Crippen molar-refractivity contribution in [1.82, 2.24) is 5.32 Å². The molecule has 2 atom stereocenters. The SMILES string of the molecule is [CH]C(NC(=O)C(C)[NH3+])C(=O)O. The summed E-state index contributed by atoms with van der Waals surface area (Å²) in [6.07, 6.45) is 0. The molecule has 5 heteroatoms. The van der Waals surface area contributed by atoms with Crippen molar-refractivity contribution in [2.45, 2.75) is 19.0 Å². The minimum absolute atomic E-state index is 0.472. The summed E-state index contributed by atoms with van der Waals surface area (Å²) in [7, 11) is 0. The second kappa shape index (κ2) is 3.92. The third kappa shape index (κ3) is 3.57. The van der Waals surface area contributed by atoms with Crippen LogP contribution in [-0.2, 0) is 9.59 Å². The highest BCUT2D eigenvalue weighted by molar-refractivity contribution is 5.85. The third-order valence-electron chi connectivity index (χ3n) is 1.01. The van der Waals surface area contributed by atoms with Crippen LogP contribution in [0, 0.1) is 6.92 Å². The smallest absolute Gasteiger partial charge is 0.326 e. The lowest BCUT2D eigenvalue weighted by Crippen LogP contribution is -2.66. The van der Waals surface area contributed by atoms with E-state index in [9.17, 15) is 9.59 Å². The molecule has 0 saturated carbocycles. The van der Waals surface area contributed by atoms with Crippen LogP contribution in [0.3, 0.4) is 0 Å². The summed E-state index contributed by atoms with van der Waals surface area (Å²) in [4.78, 5) is 20.8. The molecule has 0 heterocycles. The van der Waals surface area contributed by atoms with Gasteiger partial charge in [0.05, 0.1) is 0 Å². The average Bonchev–Trinajstić information content (AvgIpc) is 1.87. The van der Waals surface area contributed by atoms with Crippen LogP contribution in [-0.4, -0.2) is 29.1 Å². The van der Waals surface area contributed by atoms with Crippen LogP contribution in [0.4, 0.5) is 0 Å². The fourth-order valence-electron chi connectivity index (χ4n) is 0.357. The van der Waals surface area contributed by atoms with Gasteiger partial charge in [-0.3, -0.25) is 4.79 Å². The Bertz CT molecular complexity index is 167. The lowest BCUT2D eigenvalue weighted by molar-refractivity contribution is -0.398. The number of amides is 1. The summed E-state index contributed by atoms with van der Waals surface area (Å²) in [5.41, 5.74) is 3.39. The quantitative estimate of drug-likeness (QED) is 0.440. The van der Waals surface area contributed by atoms with Crippen LogP contribution < -0.4 is 11.1 Å². The van der Waals surface area contributed by atoms with Gasteiger partial charge in [0.1, 0.15) is 6.04 Å². The number of aliphatic carboxylic acids is 1. The number of carboxylic acid groups (broad SMARTS) is 1. The first kappa shape index (κ1) is 9.90. The first-order valence-corrected chi connectivity index (χ1v) is 3.07. The van der Waals surface area contributed by atoms with E-state index in [1.807, 2.05) is 0 Å². The topological polar surface area (TPSA) is 94.0 Å². The van der Waals surface area contributed by atoms with Gasteiger partial charge in [-0.25, -0.2) is 4.79 Å². The highest BCUT2D eigenvalue weighted by Gasteiger charge is 2.17. The van der Waals surface area contributed by atoms with Crippen LogP contribution in [0.25, 0.3) is 0 Å². The van der Waals surface area contributed by atoms with E-state index in [-0.39, 0.29) is 0 Å². The fourth-order valence-corrected chi connectivity index (χ4v) is 0.357. The van der Waals surface area contributed by atoms with Crippen LogP contribution in [0.15, 0.2) is 0 Å². The molecule has 0 aromatic rings. The molecule has 1 amide bonds. The van der Waals surface area contributed by atoms with Gasteiger partial charge < -0.3 is 16.2 Å². The van der Waals surface area contributed by atoms with Gasteiger partial charge in [0.15, 0.2) is 6.04 Å². The number of rotatable bonds is 3. The summed E-state index contributed by atoms with van der Waals surface area (Å²) >= 11 is 0. The van der Waals surface area contributed by atoms with Gasteiger partial charge in [-0.05, 0) is 6.92 Å². The number of quaternary nitrogens is 1. The number of carboxylic acids is 1. The molecule has 0 aliphatic heterocycles. The van der Waals surface area contributed by atoms with Crippen LogP contribution in [0.2, 0.25) is 0 Å². The van der Waals surface area contributed by atoms with Crippen molar-refractivity contribution in [3.8, 4) is 0 Å². The van der Waals surface area contributed by atoms with E-state index in [4.69, 9.17) is 12.0 Å². The van der Waals surface area contributed by atoms with Gasteiger partial charge in [-0.2, -0.15) is 0 Å². The second-order valence-electron chi connectivity index (χ2n) is 2.23. The Hall–Kier alpha value is -1.10. The number of hydrogen-bond donors (Lipinski definition) is 3. The van der Waals surface area contributed by atoms with Crippen molar-refractivity contribution < 1.29 is 20.4 Å². The van der Waals surface area contributed by atoms with Crippen molar-refractivity contribution >= 4 is 11.9 Å². The van der Waals surface area contributed by atoms with E-state index in [0.717, 1.165) is 0 Å². The van der Waals surface area contributed by atoms with Crippen LogP contribution in [0.5, 0.6) is 0 Å². The maximum Gasteiger partial charge on any atom is 0.326 e. The maximum atomic E-state index is 10.7. The van der Waals surface area contributed by atoms with E-state index >= 15 is 0 Å². The Morgan fingerprint density at radius 2 is 2.09 bits per heavy atom. The summed E-state index contributed by atoms with van der Waals surface area (Å²) in [5, 5.41) is 10.3. The first-order valence-electron chi connectivity index (χ1n) is 3.07. The lowest BCUT2D eigenvalue weighted by Gasteiger charge is -2.08. The molecule has 5 N–H and O–H groups in total. The molecule has 0 spiro atoms. The Morgan fingerprint density at radius 3 is 2.36 bits per heavy atom. The number of nitrogens with one attached hydrogen (secondary N) is 1. The zero-order chi connectivity index (χ0) is 9.02. The van der Waals surface area contributed by atoms with Crippen molar-refractivity contribution in [3.63, 3.8) is 0 Å². The zero-order valence-electron chi connectivity index (χ0n) is 6.20. The predicted octanol–water partition coefficient (Wildman–Crippen LogP) is -2.10. The number of carbonyl (C=O) groups excluding carboxylic acids is 1. The van der Waals surface area contributed by atoms with E-state index < -0.39 is 24.0 Å². The molecule has 5 nitrogen and oxygen atoms in total. The van der Waals surface area contributed by atoms with Gasteiger partial charge in [-0.15, -0.1) is 0 Å². The normalized spacial score (nSPS) is 15.2. The lowest BCUT2D eigenvalue weighted by atomic mass is 10.3. The van der Waals surface area contributed by atoms with Crippen molar-refractivity contribution in [1.29, 1.82) is 0 Å². The van der Waals surface area contributed by atoms with Crippen molar-refractivity contribution in [2.75, 3.05) is 0 Å². The molecule has 0 aliphatic carbocycles. The molecule has 0 saturated heterocycles. The average molecular weight is 159 g/mol. The summed E-state index contributed by atoms with van der Waals surface area (Å²) in [5.74, 6) is -1.74. The van der Waals surface area contributed by atoms with E-state index in [2.05, 4.69) is 11.1 Å². The summed E-state index contributed by atoms with van der Waals surface area (Å²) in [6, 6.07) is -1.84. The summed E-state index contributed by atoms with van der Waals surface area (Å²) in [6.45, 7) is 6.54. The van der Waals surface area contributed by atoms with Gasteiger partial charge in [-0.1, -0.05) is 0 Å². The first-order chi connectivity index (χ1) is 4.95. The van der Waals surface area contributed by atoms with E-state index in [1.165, 1.54) is 0 Å². The van der Waals surface area contributed by atoms with Gasteiger partial charge in [0.2, 0.25) is 0 Å². The van der Waals surface area contributed by atoms with Gasteiger partial charge in [0, 0.05) is 6.92 Å². The molecule has 2 unspecified atom stereocenters. The van der Waals surface area contributed by atoms with Gasteiger partial charge >= 0.3 is 5.97 Å². The Labute approximate surface area is 64.6 Å². The van der Waals surface area contributed by atoms with Crippen molar-refractivity contribution in [2.24, 2.45) is 0 Å². The molecule has 62 valence electrons. The molecular weight excluding hydrogens is 148 g/mol. The van der Waals surface area contributed by atoms with Crippen molar-refractivity contribution in [3.05, 3.63) is 6.92 Å². The molecule has 11 heavy (non-hydrogen) atoms. The largest absolute Gasteiger partial charge is 0.480 e. The number of hydrogen-bond acceptors (Lipinski definition) is 2. The highest BCUT2D eigenvalue weighted by atomic mass is 16.4. The number of carbonyl (C=O) groups is 2. The molecule has 0 fully saturated rings. The van der Waals surface area contributed by atoms with E-state index in [1.54, 1.807) is 6.92 Å². The minimum atomic E-state index is -1.34.